The van der Waals surface area contributed by atoms with Gasteiger partial charge in [0.1, 0.15) is 0 Å². The second-order valence-electron chi connectivity index (χ2n) is 5.44. The van der Waals surface area contributed by atoms with Crippen LogP contribution in [0, 0.1) is 5.92 Å². The lowest BCUT2D eigenvalue weighted by molar-refractivity contribution is -0.139. The van der Waals surface area contributed by atoms with E-state index in [0.29, 0.717) is 31.8 Å². The zero-order valence-electron chi connectivity index (χ0n) is 12.0. The lowest BCUT2D eigenvalue weighted by Gasteiger charge is -2.10. The van der Waals surface area contributed by atoms with Crippen molar-refractivity contribution in [1.29, 1.82) is 0 Å². The summed E-state index contributed by atoms with van der Waals surface area (Å²) in [5.74, 6) is -0.862. The van der Waals surface area contributed by atoms with Gasteiger partial charge in [0.15, 0.2) is 0 Å². The molecule has 0 bridgehead atoms. The van der Waals surface area contributed by atoms with Crippen LogP contribution in [0.4, 0.5) is 0 Å². The van der Waals surface area contributed by atoms with Crippen LogP contribution >= 0.6 is 0 Å². The predicted octanol–water partition coefficient (Wildman–Crippen LogP) is 0.622. The monoisotopic (exact) mass is 290 g/mol. The van der Waals surface area contributed by atoms with E-state index < -0.39 is 11.8 Å². The summed E-state index contributed by atoms with van der Waals surface area (Å²) < 4.78 is 0. The van der Waals surface area contributed by atoms with Gasteiger partial charge in [-0.05, 0) is 37.2 Å². The Kier molecular flexibility index (Phi) is 5.75. The number of hydrogen-bond acceptors (Lipinski definition) is 3. The Morgan fingerprint density at radius 3 is 2.33 bits per heavy atom. The van der Waals surface area contributed by atoms with Gasteiger partial charge in [0.2, 0.25) is 0 Å². The number of benzene rings is 1. The fourth-order valence-corrected chi connectivity index (χ4v) is 2.18. The molecule has 5 heteroatoms. The number of hydrogen-bond donors (Lipinski definition) is 3. The molecule has 0 aromatic heterocycles. The molecular weight excluding hydrogens is 268 g/mol. The largest absolute Gasteiger partial charge is 0.393 e. The minimum absolute atomic E-state index is 0.336. The molecule has 0 spiro atoms. The van der Waals surface area contributed by atoms with Crippen molar-refractivity contribution in [3.8, 4) is 0 Å². The van der Waals surface area contributed by atoms with Gasteiger partial charge in [-0.2, -0.15) is 0 Å². The Balaban J connectivity index is 1.57. The first kappa shape index (κ1) is 15.5. The van der Waals surface area contributed by atoms with E-state index in [2.05, 4.69) is 10.6 Å². The van der Waals surface area contributed by atoms with Gasteiger partial charge in [0, 0.05) is 13.1 Å². The molecule has 0 aliphatic heterocycles. The lowest BCUT2D eigenvalue weighted by Crippen LogP contribution is -2.41. The molecule has 3 N–H and O–H groups in total. The van der Waals surface area contributed by atoms with Gasteiger partial charge in [-0.3, -0.25) is 9.59 Å². The van der Waals surface area contributed by atoms with E-state index in [-0.39, 0.29) is 6.10 Å². The summed E-state index contributed by atoms with van der Waals surface area (Å²) in [5.41, 5.74) is 1.12. The second-order valence-corrected chi connectivity index (χ2v) is 5.44. The van der Waals surface area contributed by atoms with Crippen LogP contribution in [0.2, 0.25) is 0 Å². The van der Waals surface area contributed by atoms with E-state index in [1.165, 1.54) is 0 Å². The van der Waals surface area contributed by atoms with Crippen molar-refractivity contribution >= 4 is 11.8 Å². The third-order valence-corrected chi connectivity index (χ3v) is 3.64. The highest BCUT2D eigenvalue weighted by molar-refractivity contribution is 6.35. The van der Waals surface area contributed by atoms with Crippen molar-refractivity contribution in [2.45, 2.75) is 31.8 Å². The molecule has 5 nitrogen and oxygen atoms in total. The third kappa shape index (κ3) is 5.55. The molecule has 1 fully saturated rings. The summed E-state index contributed by atoms with van der Waals surface area (Å²) in [5, 5.41) is 14.8. The molecule has 1 atom stereocenters. The van der Waals surface area contributed by atoms with Gasteiger partial charge in [-0.1, -0.05) is 30.3 Å². The summed E-state index contributed by atoms with van der Waals surface area (Å²) in [6.07, 6.45) is 2.98. The molecule has 1 aromatic rings. The van der Waals surface area contributed by atoms with E-state index in [4.69, 9.17) is 0 Å². The van der Waals surface area contributed by atoms with Gasteiger partial charge < -0.3 is 15.7 Å². The summed E-state index contributed by atoms with van der Waals surface area (Å²) in [7, 11) is 0. The molecule has 2 amide bonds. The first-order chi connectivity index (χ1) is 10.2. The topological polar surface area (TPSA) is 78.4 Å². The molecule has 0 heterocycles. The molecule has 2 rings (SSSR count). The summed E-state index contributed by atoms with van der Waals surface area (Å²) in [6.45, 7) is 0.767. The van der Waals surface area contributed by atoms with E-state index in [1.54, 1.807) is 0 Å². The van der Waals surface area contributed by atoms with Crippen molar-refractivity contribution in [3.05, 3.63) is 35.9 Å². The molecule has 0 unspecified atom stereocenters. The number of aliphatic hydroxyl groups is 1. The average molecular weight is 290 g/mol. The number of amides is 2. The maximum Gasteiger partial charge on any atom is 0.309 e. The van der Waals surface area contributed by atoms with Crippen LogP contribution in [0.1, 0.15) is 24.8 Å². The van der Waals surface area contributed by atoms with Crippen LogP contribution in [-0.2, 0) is 16.0 Å². The first-order valence-electron chi connectivity index (χ1n) is 7.45. The smallest absolute Gasteiger partial charge is 0.309 e. The fourth-order valence-electron chi connectivity index (χ4n) is 2.18. The first-order valence-corrected chi connectivity index (χ1v) is 7.45. The van der Waals surface area contributed by atoms with Crippen LogP contribution < -0.4 is 10.6 Å². The summed E-state index contributed by atoms with van der Waals surface area (Å²) in [6, 6.07) is 9.77. The lowest BCUT2D eigenvalue weighted by atomic mass is 10.1. The predicted molar refractivity (Wildman–Crippen MR) is 79.5 cm³/mol. The standard InChI is InChI=1S/C16H22N2O3/c19-14(13-6-7-13)9-11-18-16(21)15(20)17-10-8-12-4-2-1-3-5-12/h1-5,13-14,19H,6-11H2,(H,17,20)(H,18,21)/t14-/m0/s1. The van der Waals surface area contributed by atoms with Crippen LogP contribution in [0.5, 0.6) is 0 Å². The SMILES string of the molecule is O=C(NCCc1ccccc1)C(=O)NCC[C@H](O)C1CC1. The van der Waals surface area contributed by atoms with Crippen LogP contribution in [-0.4, -0.2) is 36.1 Å². The molecule has 114 valence electrons. The van der Waals surface area contributed by atoms with E-state index in [9.17, 15) is 14.7 Å². The number of carbonyl (C=O) groups is 2. The molecule has 1 aliphatic rings. The van der Waals surface area contributed by atoms with Crippen LogP contribution in [0.15, 0.2) is 30.3 Å². The molecule has 1 aromatic carbocycles. The van der Waals surface area contributed by atoms with E-state index >= 15 is 0 Å². The summed E-state index contributed by atoms with van der Waals surface area (Å²) >= 11 is 0. The highest BCUT2D eigenvalue weighted by Crippen LogP contribution is 2.33. The van der Waals surface area contributed by atoms with Crippen molar-refractivity contribution in [3.63, 3.8) is 0 Å². The van der Waals surface area contributed by atoms with Gasteiger partial charge >= 0.3 is 11.8 Å². The van der Waals surface area contributed by atoms with E-state index in [0.717, 1.165) is 18.4 Å². The quantitative estimate of drug-likeness (QED) is 0.644. The Morgan fingerprint density at radius 1 is 1.10 bits per heavy atom. The molecule has 1 saturated carbocycles. The normalized spacial score (nSPS) is 15.3. The highest BCUT2D eigenvalue weighted by atomic mass is 16.3. The molecule has 1 aliphatic carbocycles. The van der Waals surface area contributed by atoms with E-state index in [1.807, 2.05) is 30.3 Å². The number of carbonyl (C=O) groups excluding carboxylic acids is 2. The number of aliphatic hydroxyl groups excluding tert-OH is 1. The maximum absolute atomic E-state index is 11.6. The number of rotatable bonds is 7. The number of nitrogens with one attached hydrogen (secondary N) is 2. The average Bonchev–Trinajstić information content (AvgIpc) is 3.32. The van der Waals surface area contributed by atoms with Crippen molar-refractivity contribution in [2.24, 2.45) is 5.92 Å². The van der Waals surface area contributed by atoms with Gasteiger partial charge in [0.05, 0.1) is 6.10 Å². The van der Waals surface area contributed by atoms with Gasteiger partial charge in [-0.15, -0.1) is 0 Å². The van der Waals surface area contributed by atoms with Crippen molar-refractivity contribution in [1.82, 2.24) is 10.6 Å². The van der Waals surface area contributed by atoms with Crippen LogP contribution in [0.25, 0.3) is 0 Å². The van der Waals surface area contributed by atoms with Crippen molar-refractivity contribution in [2.75, 3.05) is 13.1 Å². The maximum atomic E-state index is 11.6. The summed E-state index contributed by atoms with van der Waals surface area (Å²) in [4.78, 5) is 23.1. The zero-order valence-corrected chi connectivity index (χ0v) is 12.0. The zero-order chi connectivity index (χ0) is 15.1. The van der Waals surface area contributed by atoms with Crippen molar-refractivity contribution < 1.29 is 14.7 Å². The van der Waals surface area contributed by atoms with Gasteiger partial charge in [-0.25, -0.2) is 0 Å². The molecule has 0 saturated heterocycles. The van der Waals surface area contributed by atoms with Gasteiger partial charge in [0.25, 0.3) is 0 Å². The Morgan fingerprint density at radius 2 is 1.71 bits per heavy atom. The second kappa shape index (κ2) is 7.78. The minimum atomic E-state index is -0.633. The molecule has 0 radical (unpaired) electrons. The fraction of sp³-hybridized carbons (Fsp3) is 0.500. The minimum Gasteiger partial charge on any atom is -0.393 e. The third-order valence-electron chi connectivity index (χ3n) is 3.64. The molecule has 21 heavy (non-hydrogen) atoms. The Hall–Kier alpha value is -1.88. The highest BCUT2D eigenvalue weighted by Gasteiger charge is 2.29. The Labute approximate surface area is 124 Å². The van der Waals surface area contributed by atoms with Crippen LogP contribution in [0.3, 0.4) is 0 Å². The Bertz CT molecular complexity index is 472. The molecular formula is C16H22N2O3.